The summed E-state index contributed by atoms with van der Waals surface area (Å²) in [6, 6.07) is -0.476. The predicted molar refractivity (Wildman–Crippen MR) is 103 cm³/mol. The Morgan fingerprint density at radius 3 is 2.88 bits per heavy atom. The van der Waals surface area contributed by atoms with Crippen molar-refractivity contribution >= 4 is 29.4 Å². The summed E-state index contributed by atoms with van der Waals surface area (Å²) in [7, 11) is 3.78. The molecular weight excluding hydrogens is 354 g/mol. The van der Waals surface area contributed by atoms with Crippen molar-refractivity contribution in [2.45, 2.75) is 31.9 Å². The van der Waals surface area contributed by atoms with Gasteiger partial charge in [0.05, 0.1) is 18.9 Å². The van der Waals surface area contributed by atoms with Crippen molar-refractivity contribution < 1.29 is 14.3 Å². The number of hydrogen-bond acceptors (Lipinski definition) is 7. The SMILES string of the molecule is CSCC[C@@H](NC(C)=O)C(=O)N1CC[C@H](Oc2cncc(N(C)C)n2)C1. The molecule has 0 saturated carbocycles. The molecule has 2 amide bonds. The van der Waals surface area contributed by atoms with Crippen LogP contribution >= 0.6 is 11.8 Å². The summed E-state index contributed by atoms with van der Waals surface area (Å²) in [6.45, 7) is 2.54. The van der Waals surface area contributed by atoms with Crippen molar-refractivity contribution in [1.29, 1.82) is 0 Å². The standard InChI is InChI=1S/C17H27N5O3S/c1-12(23)19-14(6-8-26-4)17(24)22-7-5-13(11-22)25-16-10-18-9-15(20-16)21(2)3/h9-10,13-14H,5-8,11H2,1-4H3,(H,19,23)/t13-,14+/m0/s1. The molecular formula is C17H27N5O3S. The van der Waals surface area contributed by atoms with E-state index in [-0.39, 0.29) is 17.9 Å². The van der Waals surface area contributed by atoms with Crippen molar-refractivity contribution in [3.63, 3.8) is 0 Å². The van der Waals surface area contributed by atoms with Crippen LogP contribution in [0.1, 0.15) is 19.8 Å². The molecule has 9 heteroatoms. The Hall–Kier alpha value is -2.03. The van der Waals surface area contributed by atoms with E-state index in [4.69, 9.17) is 4.74 Å². The smallest absolute Gasteiger partial charge is 0.245 e. The number of hydrogen-bond donors (Lipinski definition) is 1. The highest BCUT2D eigenvalue weighted by molar-refractivity contribution is 7.98. The van der Waals surface area contributed by atoms with Gasteiger partial charge in [-0.25, -0.2) is 0 Å². The fourth-order valence-electron chi connectivity index (χ4n) is 2.76. The number of likely N-dealkylation sites (tertiary alicyclic amines) is 1. The van der Waals surface area contributed by atoms with E-state index in [1.54, 1.807) is 29.1 Å². The van der Waals surface area contributed by atoms with Gasteiger partial charge in [-0.1, -0.05) is 0 Å². The lowest BCUT2D eigenvalue weighted by Gasteiger charge is -2.24. The lowest BCUT2D eigenvalue weighted by Crippen LogP contribution is -2.48. The zero-order valence-corrected chi connectivity index (χ0v) is 16.6. The Kier molecular flexibility index (Phi) is 7.50. The summed E-state index contributed by atoms with van der Waals surface area (Å²) >= 11 is 1.66. The molecule has 0 spiro atoms. The summed E-state index contributed by atoms with van der Waals surface area (Å²) in [6.07, 6.45) is 6.46. The van der Waals surface area contributed by atoms with Crippen LogP contribution in [0.4, 0.5) is 5.82 Å². The maximum Gasteiger partial charge on any atom is 0.245 e. The van der Waals surface area contributed by atoms with Gasteiger partial charge in [-0.2, -0.15) is 16.7 Å². The Bertz CT molecular complexity index is 628. The third kappa shape index (κ3) is 5.76. The van der Waals surface area contributed by atoms with Gasteiger partial charge in [0.15, 0.2) is 5.82 Å². The summed E-state index contributed by atoms with van der Waals surface area (Å²) < 4.78 is 5.90. The topological polar surface area (TPSA) is 87.7 Å². The highest BCUT2D eigenvalue weighted by Gasteiger charge is 2.32. The van der Waals surface area contributed by atoms with E-state index in [0.717, 1.165) is 18.0 Å². The molecule has 1 fully saturated rings. The Balaban J connectivity index is 1.94. The zero-order chi connectivity index (χ0) is 19.1. The molecule has 0 radical (unpaired) electrons. The number of rotatable bonds is 8. The van der Waals surface area contributed by atoms with Crippen LogP contribution in [0.3, 0.4) is 0 Å². The summed E-state index contributed by atoms with van der Waals surface area (Å²) in [4.78, 5) is 36.3. The van der Waals surface area contributed by atoms with Crippen LogP contribution in [0.25, 0.3) is 0 Å². The fourth-order valence-corrected chi connectivity index (χ4v) is 3.24. The largest absolute Gasteiger partial charge is 0.471 e. The van der Waals surface area contributed by atoms with Crippen LogP contribution in [0, 0.1) is 0 Å². The minimum absolute atomic E-state index is 0.0477. The van der Waals surface area contributed by atoms with Gasteiger partial charge in [0, 0.05) is 34.0 Å². The number of aromatic nitrogens is 2. The van der Waals surface area contributed by atoms with Gasteiger partial charge in [-0.05, 0) is 18.4 Å². The molecule has 1 aliphatic heterocycles. The molecule has 0 aliphatic carbocycles. The molecule has 8 nitrogen and oxygen atoms in total. The lowest BCUT2D eigenvalue weighted by molar-refractivity contribution is -0.135. The minimum Gasteiger partial charge on any atom is -0.471 e. The quantitative estimate of drug-likeness (QED) is 0.712. The molecule has 26 heavy (non-hydrogen) atoms. The maximum atomic E-state index is 12.7. The van der Waals surface area contributed by atoms with Crippen LogP contribution < -0.4 is 15.0 Å². The molecule has 2 rings (SSSR count). The number of amides is 2. The third-order valence-electron chi connectivity index (χ3n) is 4.09. The number of ether oxygens (including phenoxy) is 1. The van der Waals surface area contributed by atoms with Crippen molar-refractivity contribution in [2.75, 3.05) is 44.1 Å². The fraction of sp³-hybridized carbons (Fsp3) is 0.647. The van der Waals surface area contributed by atoms with Crippen molar-refractivity contribution in [2.24, 2.45) is 0 Å². The van der Waals surface area contributed by atoms with Gasteiger partial charge in [-0.3, -0.25) is 14.6 Å². The molecule has 144 valence electrons. The highest BCUT2D eigenvalue weighted by Crippen LogP contribution is 2.19. The average molecular weight is 382 g/mol. The average Bonchev–Trinajstić information content (AvgIpc) is 3.06. The predicted octanol–water partition coefficient (Wildman–Crippen LogP) is 0.780. The third-order valence-corrected chi connectivity index (χ3v) is 4.73. The van der Waals surface area contributed by atoms with Crippen molar-refractivity contribution in [3.05, 3.63) is 12.4 Å². The molecule has 2 atom stereocenters. The van der Waals surface area contributed by atoms with Gasteiger partial charge in [0.25, 0.3) is 0 Å². The number of nitrogens with zero attached hydrogens (tertiary/aromatic N) is 4. The van der Waals surface area contributed by atoms with Gasteiger partial charge < -0.3 is 19.9 Å². The van der Waals surface area contributed by atoms with Gasteiger partial charge >= 0.3 is 0 Å². The Morgan fingerprint density at radius 2 is 2.23 bits per heavy atom. The zero-order valence-electron chi connectivity index (χ0n) is 15.8. The van der Waals surface area contributed by atoms with Crippen LogP contribution in [0.2, 0.25) is 0 Å². The molecule has 1 aromatic rings. The molecule has 1 aromatic heterocycles. The first kappa shape index (κ1) is 20.3. The molecule has 1 N–H and O–H groups in total. The van der Waals surface area contributed by atoms with Crippen LogP contribution in [0.5, 0.6) is 5.88 Å². The first-order chi connectivity index (χ1) is 12.4. The van der Waals surface area contributed by atoms with Crippen molar-refractivity contribution in [3.8, 4) is 5.88 Å². The lowest BCUT2D eigenvalue weighted by atomic mass is 10.2. The Morgan fingerprint density at radius 1 is 1.46 bits per heavy atom. The maximum absolute atomic E-state index is 12.7. The number of thioether (sulfide) groups is 1. The molecule has 0 aromatic carbocycles. The first-order valence-corrected chi connectivity index (χ1v) is 10.0. The normalized spacial score (nSPS) is 17.7. The van der Waals surface area contributed by atoms with E-state index < -0.39 is 6.04 Å². The van der Waals surface area contributed by atoms with Gasteiger partial charge in [0.1, 0.15) is 12.1 Å². The number of carbonyl (C=O) groups excluding carboxylic acids is 2. The summed E-state index contributed by atoms with van der Waals surface area (Å²) in [5.41, 5.74) is 0. The second kappa shape index (κ2) is 9.61. The minimum atomic E-state index is -0.476. The van der Waals surface area contributed by atoms with E-state index in [1.165, 1.54) is 6.92 Å². The molecule has 0 bridgehead atoms. The Labute approximate surface area is 158 Å². The number of carbonyl (C=O) groups is 2. The summed E-state index contributed by atoms with van der Waals surface area (Å²) in [5.74, 6) is 1.75. The molecule has 2 heterocycles. The van der Waals surface area contributed by atoms with E-state index in [1.807, 2.05) is 25.3 Å². The van der Waals surface area contributed by atoms with Crippen molar-refractivity contribution in [1.82, 2.24) is 20.2 Å². The van der Waals surface area contributed by atoms with Crippen LogP contribution in [0.15, 0.2) is 12.4 Å². The van der Waals surface area contributed by atoms with E-state index in [0.29, 0.717) is 25.4 Å². The monoisotopic (exact) mass is 381 g/mol. The second-order valence-electron chi connectivity index (χ2n) is 6.46. The molecule has 1 saturated heterocycles. The number of nitrogens with one attached hydrogen (secondary N) is 1. The number of anilines is 1. The second-order valence-corrected chi connectivity index (χ2v) is 7.44. The van der Waals surface area contributed by atoms with Crippen LogP contribution in [-0.4, -0.2) is 78.0 Å². The van der Waals surface area contributed by atoms with E-state index in [2.05, 4.69) is 15.3 Å². The molecule has 1 aliphatic rings. The van der Waals surface area contributed by atoms with E-state index in [9.17, 15) is 9.59 Å². The van der Waals surface area contributed by atoms with Gasteiger partial charge in [-0.15, -0.1) is 0 Å². The first-order valence-electron chi connectivity index (χ1n) is 8.61. The van der Waals surface area contributed by atoms with Gasteiger partial charge in [0.2, 0.25) is 17.7 Å². The highest BCUT2D eigenvalue weighted by atomic mass is 32.2. The van der Waals surface area contributed by atoms with E-state index >= 15 is 0 Å². The summed E-state index contributed by atoms with van der Waals surface area (Å²) in [5, 5.41) is 2.76. The van der Waals surface area contributed by atoms with Crippen LogP contribution in [-0.2, 0) is 9.59 Å². The molecule has 0 unspecified atom stereocenters.